The van der Waals surface area contributed by atoms with Gasteiger partial charge >= 0.3 is 0 Å². The molecular weight excluding hydrogens is 358 g/mol. The number of anilines is 1. The number of fused-ring (bicyclic) bond motifs is 1. The molecule has 0 bridgehead atoms. The van der Waals surface area contributed by atoms with Gasteiger partial charge in [0.25, 0.3) is 0 Å². The summed E-state index contributed by atoms with van der Waals surface area (Å²) in [5.41, 5.74) is 10.6. The van der Waals surface area contributed by atoms with E-state index in [1.165, 1.54) is 38.5 Å². The Hall–Kier alpha value is -2.95. The predicted octanol–water partition coefficient (Wildman–Crippen LogP) is 6.25. The Morgan fingerprint density at radius 1 is 1.07 bits per heavy atom. The summed E-state index contributed by atoms with van der Waals surface area (Å²) in [4.78, 5) is 8.51. The molecule has 0 saturated heterocycles. The second kappa shape index (κ2) is 11.8. The van der Waals surface area contributed by atoms with E-state index in [1.54, 1.807) is 16.8 Å². The van der Waals surface area contributed by atoms with Gasteiger partial charge in [0.05, 0.1) is 11.7 Å². The van der Waals surface area contributed by atoms with Crippen molar-refractivity contribution in [1.29, 1.82) is 0 Å². The van der Waals surface area contributed by atoms with Crippen LogP contribution in [0.15, 0.2) is 49.5 Å². The summed E-state index contributed by atoms with van der Waals surface area (Å²) >= 11 is 0. The smallest absolute Gasteiger partial charge is 0.238 e. The summed E-state index contributed by atoms with van der Waals surface area (Å²) in [6.45, 7) is 10.2. The van der Waals surface area contributed by atoms with E-state index in [2.05, 4.69) is 41.6 Å². The van der Waals surface area contributed by atoms with Crippen LogP contribution in [-0.2, 0) is 0 Å². The lowest BCUT2D eigenvalue weighted by atomic mass is 10.1. The number of nitrogens with two attached hydrogens (primary N) is 1. The number of nitrogen functional groups attached to an aromatic ring is 1. The quantitative estimate of drug-likeness (QED) is 0.364. The molecule has 3 rings (SSSR count). The Bertz CT molecular complexity index is 934. The average Bonchev–Trinajstić information content (AvgIpc) is 3.14. The van der Waals surface area contributed by atoms with Gasteiger partial charge in [-0.1, -0.05) is 77.2 Å². The number of hydrogen-bond acceptors (Lipinski definition) is 4. The highest BCUT2D eigenvalue weighted by Crippen LogP contribution is 2.26. The lowest BCUT2D eigenvalue weighted by Crippen LogP contribution is -1.99. The van der Waals surface area contributed by atoms with Crippen LogP contribution in [0.3, 0.4) is 0 Å². The fraction of sp³-hybridized carbons (Fsp3) is 0.375. The van der Waals surface area contributed by atoms with Crippen molar-refractivity contribution >= 4 is 17.5 Å². The summed E-state index contributed by atoms with van der Waals surface area (Å²) in [6.07, 6.45) is 19.6. The fourth-order valence-electron chi connectivity index (χ4n) is 3.05. The third-order valence-corrected chi connectivity index (χ3v) is 4.74. The van der Waals surface area contributed by atoms with Gasteiger partial charge in [0.2, 0.25) is 5.95 Å². The number of pyridine rings is 1. The summed E-state index contributed by atoms with van der Waals surface area (Å²) in [5.74, 6) is 0.251. The Morgan fingerprint density at radius 3 is 2.45 bits per heavy atom. The zero-order valence-corrected chi connectivity index (χ0v) is 17.9. The van der Waals surface area contributed by atoms with E-state index in [9.17, 15) is 0 Å². The lowest BCUT2D eigenvalue weighted by Gasteiger charge is -2.04. The molecule has 0 aliphatic rings. The van der Waals surface area contributed by atoms with Crippen LogP contribution in [0.25, 0.3) is 22.7 Å². The fourth-order valence-corrected chi connectivity index (χ4v) is 3.05. The SMILES string of the molecule is C=C/C=C\c1cc(-c2ccn3nc(N)ncc23)cnc1C.CCCCCCCC. The van der Waals surface area contributed by atoms with E-state index in [0.717, 1.165) is 27.9 Å². The first-order chi connectivity index (χ1) is 14.1. The molecule has 0 unspecified atom stereocenters. The normalized spacial score (nSPS) is 10.9. The van der Waals surface area contributed by atoms with E-state index in [-0.39, 0.29) is 5.95 Å². The van der Waals surface area contributed by atoms with E-state index < -0.39 is 0 Å². The molecule has 0 fully saturated rings. The van der Waals surface area contributed by atoms with Crippen molar-refractivity contribution in [1.82, 2.24) is 19.6 Å². The number of aromatic nitrogens is 4. The van der Waals surface area contributed by atoms with Crippen molar-refractivity contribution in [2.24, 2.45) is 0 Å². The van der Waals surface area contributed by atoms with Crippen LogP contribution in [0, 0.1) is 6.92 Å². The minimum atomic E-state index is 0.251. The maximum Gasteiger partial charge on any atom is 0.238 e. The number of aryl methyl sites for hydroxylation is 1. The number of hydrogen-bond donors (Lipinski definition) is 1. The van der Waals surface area contributed by atoms with E-state index >= 15 is 0 Å². The summed E-state index contributed by atoms with van der Waals surface area (Å²) < 4.78 is 1.72. The molecule has 2 N–H and O–H groups in total. The maximum absolute atomic E-state index is 5.60. The monoisotopic (exact) mass is 391 g/mol. The van der Waals surface area contributed by atoms with Crippen molar-refractivity contribution in [2.75, 3.05) is 5.73 Å². The molecular formula is C24H33N5. The molecule has 0 aliphatic carbocycles. The largest absolute Gasteiger partial charge is 0.367 e. The van der Waals surface area contributed by atoms with Crippen LogP contribution < -0.4 is 5.73 Å². The Morgan fingerprint density at radius 2 is 1.79 bits per heavy atom. The van der Waals surface area contributed by atoms with Crippen LogP contribution in [0.1, 0.15) is 63.6 Å². The summed E-state index contributed by atoms with van der Waals surface area (Å²) in [6, 6.07) is 4.07. The van der Waals surface area contributed by atoms with E-state index in [1.807, 2.05) is 37.5 Å². The Kier molecular flexibility index (Phi) is 9.09. The zero-order chi connectivity index (χ0) is 21.1. The van der Waals surface area contributed by atoms with Gasteiger partial charge in [0.1, 0.15) is 0 Å². The molecule has 5 nitrogen and oxygen atoms in total. The molecule has 3 aromatic rings. The van der Waals surface area contributed by atoms with Crippen LogP contribution in [0.2, 0.25) is 0 Å². The van der Waals surface area contributed by atoms with Crippen LogP contribution in [-0.4, -0.2) is 19.6 Å². The lowest BCUT2D eigenvalue weighted by molar-refractivity contribution is 0.624. The molecule has 0 aromatic carbocycles. The first-order valence-electron chi connectivity index (χ1n) is 10.5. The maximum atomic E-state index is 5.60. The molecule has 0 saturated carbocycles. The number of rotatable bonds is 8. The van der Waals surface area contributed by atoms with Gasteiger partial charge in [0.15, 0.2) is 0 Å². The van der Waals surface area contributed by atoms with Gasteiger partial charge < -0.3 is 5.73 Å². The molecule has 0 atom stereocenters. The second-order valence-corrected chi connectivity index (χ2v) is 7.08. The number of allylic oxidation sites excluding steroid dienone is 2. The zero-order valence-electron chi connectivity index (χ0n) is 17.9. The van der Waals surface area contributed by atoms with Crippen molar-refractivity contribution in [3.63, 3.8) is 0 Å². The third-order valence-electron chi connectivity index (χ3n) is 4.74. The standard InChI is InChI=1S/C16H15N5.C8H18/c1-3-4-5-12-8-13(9-18-11(12)2)14-6-7-21-15(14)10-19-16(17)20-21;1-3-5-7-8-6-4-2/h3-10H,1H2,2H3,(H2,17,20);3-8H2,1-2H3/b5-4-;. The Balaban J connectivity index is 0.000000321. The molecule has 3 aromatic heterocycles. The number of nitrogens with zero attached hydrogens (tertiary/aromatic N) is 4. The minimum absolute atomic E-state index is 0.251. The van der Waals surface area contributed by atoms with Crippen molar-refractivity contribution < 1.29 is 0 Å². The van der Waals surface area contributed by atoms with Gasteiger partial charge in [-0.05, 0) is 24.6 Å². The summed E-state index contributed by atoms with van der Waals surface area (Å²) in [7, 11) is 0. The molecule has 0 aliphatic heterocycles. The van der Waals surface area contributed by atoms with E-state index in [0.29, 0.717) is 0 Å². The van der Waals surface area contributed by atoms with Crippen molar-refractivity contribution in [3.05, 3.63) is 60.7 Å². The van der Waals surface area contributed by atoms with Crippen molar-refractivity contribution in [2.45, 2.75) is 59.3 Å². The van der Waals surface area contributed by atoms with Crippen LogP contribution >= 0.6 is 0 Å². The average molecular weight is 392 g/mol. The van der Waals surface area contributed by atoms with Gasteiger partial charge in [-0.3, -0.25) is 4.98 Å². The molecule has 0 amide bonds. The van der Waals surface area contributed by atoms with E-state index in [4.69, 9.17) is 5.73 Å². The third kappa shape index (κ3) is 6.56. The molecule has 29 heavy (non-hydrogen) atoms. The highest BCUT2D eigenvalue weighted by Gasteiger charge is 2.08. The Labute approximate surface area is 174 Å². The van der Waals surface area contributed by atoms with Crippen LogP contribution in [0.5, 0.6) is 0 Å². The second-order valence-electron chi connectivity index (χ2n) is 7.08. The van der Waals surface area contributed by atoms with Gasteiger partial charge in [-0.2, -0.15) is 0 Å². The van der Waals surface area contributed by atoms with Crippen molar-refractivity contribution in [3.8, 4) is 11.1 Å². The highest BCUT2D eigenvalue weighted by molar-refractivity contribution is 5.81. The summed E-state index contributed by atoms with van der Waals surface area (Å²) in [5, 5.41) is 4.15. The first-order valence-corrected chi connectivity index (χ1v) is 10.5. The van der Waals surface area contributed by atoms with Crippen LogP contribution in [0.4, 0.5) is 5.95 Å². The van der Waals surface area contributed by atoms with Gasteiger partial charge in [-0.25, -0.2) is 9.50 Å². The molecule has 5 heteroatoms. The topological polar surface area (TPSA) is 69.1 Å². The highest BCUT2D eigenvalue weighted by atomic mass is 15.3. The van der Waals surface area contributed by atoms with Gasteiger partial charge in [0, 0.05) is 29.2 Å². The minimum Gasteiger partial charge on any atom is -0.367 e. The van der Waals surface area contributed by atoms with Gasteiger partial charge in [-0.15, -0.1) is 5.10 Å². The number of unbranched alkanes of at least 4 members (excludes halogenated alkanes) is 5. The molecule has 0 spiro atoms. The first kappa shape index (κ1) is 22.3. The molecule has 154 valence electrons. The predicted molar refractivity (Wildman–Crippen MR) is 124 cm³/mol. The molecule has 0 radical (unpaired) electrons. The molecule has 3 heterocycles.